The predicted octanol–water partition coefficient (Wildman–Crippen LogP) is 3.68. The topological polar surface area (TPSA) is 59.0 Å². The van der Waals surface area contributed by atoms with Crippen LogP contribution in [0.3, 0.4) is 0 Å². The first-order valence-electron chi connectivity index (χ1n) is 8.79. The minimum atomic E-state index is -4.58. The second-order valence-corrected chi connectivity index (χ2v) is 8.50. The fourth-order valence-electron chi connectivity index (χ4n) is 3.27. The zero-order valence-electron chi connectivity index (χ0n) is 15.2. The fourth-order valence-corrected chi connectivity index (χ4v) is 5.03. The Kier molecular flexibility index (Phi) is 5.50. The first kappa shape index (κ1) is 19.7. The quantitative estimate of drug-likeness (QED) is 0.786. The summed E-state index contributed by atoms with van der Waals surface area (Å²) in [5.41, 5.74) is -0.570. The van der Waals surface area contributed by atoms with Crippen molar-refractivity contribution < 1.29 is 17.4 Å². The van der Waals surface area contributed by atoms with E-state index in [0.717, 1.165) is 6.07 Å². The summed E-state index contributed by atoms with van der Waals surface area (Å²) < 4.78 is 52.3. The monoisotopic (exact) mass is 398 g/mol. The van der Waals surface area contributed by atoms with Crippen LogP contribution in [0.1, 0.15) is 32.4 Å². The van der Waals surface area contributed by atoms with Crippen LogP contribution in [0.15, 0.2) is 30.6 Å². The number of pyridine rings is 1. The molecule has 1 aliphatic heterocycles. The zero-order valence-corrected chi connectivity index (χ0v) is 16.0. The van der Waals surface area contributed by atoms with Crippen molar-refractivity contribution in [2.45, 2.75) is 37.6 Å². The van der Waals surface area contributed by atoms with Crippen molar-refractivity contribution in [1.29, 1.82) is 0 Å². The lowest BCUT2D eigenvalue weighted by atomic mass is 10.0. The molecule has 9 heteroatoms. The number of anilines is 1. The van der Waals surface area contributed by atoms with Gasteiger partial charge in [-0.05, 0) is 25.0 Å². The molecule has 3 rings (SSSR count). The number of alkyl halides is 3. The smallest absolute Gasteiger partial charge is 0.354 e. The highest BCUT2D eigenvalue weighted by atomic mass is 32.2. The van der Waals surface area contributed by atoms with Crippen LogP contribution in [0.25, 0.3) is 11.4 Å². The lowest BCUT2D eigenvalue weighted by molar-refractivity contribution is -0.141. The van der Waals surface area contributed by atoms with Gasteiger partial charge in [0.05, 0.1) is 4.75 Å². The number of aromatic nitrogens is 3. The number of hydrogen-bond donors (Lipinski definition) is 0. The Balaban J connectivity index is 2.06. The van der Waals surface area contributed by atoms with Gasteiger partial charge >= 0.3 is 6.18 Å². The Hall–Kier alpha value is -2.03. The molecule has 1 unspecified atom stereocenters. The fraction of sp³-hybridized carbons (Fsp3) is 0.500. The molecule has 0 spiro atoms. The van der Waals surface area contributed by atoms with E-state index in [1.165, 1.54) is 12.4 Å². The summed E-state index contributed by atoms with van der Waals surface area (Å²) in [7, 11) is -1.01. The summed E-state index contributed by atoms with van der Waals surface area (Å²) in [5, 5.41) is 0. The zero-order chi connectivity index (χ0) is 19.7. The molecule has 0 aromatic carbocycles. The summed E-state index contributed by atoms with van der Waals surface area (Å²) in [5.74, 6) is 0.604. The summed E-state index contributed by atoms with van der Waals surface area (Å²) in [4.78, 5) is 13.8. The predicted molar refractivity (Wildman–Crippen MR) is 98.8 cm³/mol. The highest BCUT2D eigenvalue weighted by Gasteiger charge is 2.40. The lowest BCUT2D eigenvalue weighted by Gasteiger charge is -2.41. The van der Waals surface area contributed by atoms with Crippen molar-refractivity contribution in [3.05, 3.63) is 36.3 Å². The van der Waals surface area contributed by atoms with Gasteiger partial charge in [0.1, 0.15) is 5.82 Å². The maximum absolute atomic E-state index is 13.4. The average Bonchev–Trinajstić information content (AvgIpc) is 2.68. The maximum atomic E-state index is 13.4. The van der Waals surface area contributed by atoms with Crippen LogP contribution >= 0.6 is 0 Å². The Morgan fingerprint density at radius 1 is 1.26 bits per heavy atom. The van der Waals surface area contributed by atoms with E-state index in [4.69, 9.17) is 0 Å². The third-order valence-corrected chi connectivity index (χ3v) is 7.27. The molecule has 3 heterocycles. The normalized spacial score (nSPS) is 19.9. The van der Waals surface area contributed by atoms with Gasteiger partial charge in [-0.3, -0.25) is 9.19 Å². The highest BCUT2D eigenvalue weighted by Crippen LogP contribution is 2.34. The molecule has 0 radical (unpaired) electrons. The Morgan fingerprint density at radius 2 is 2.00 bits per heavy atom. The summed E-state index contributed by atoms with van der Waals surface area (Å²) in [6.45, 7) is 4.74. The van der Waals surface area contributed by atoms with Crippen LogP contribution in [-0.2, 0) is 17.0 Å². The second-order valence-electron chi connectivity index (χ2n) is 6.54. The van der Waals surface area contributed by atoms with Crippen molar-refractivity contribution in [3.63, 3.8) is 0 Å². The molecule has 0 aliphatic carbocycles. The van der Waals surface area contributed by atoms with Gasteiger partial charge in [-0.25, -0.2) is 9.97 Å². The Bertz CT molecular complexity index is 825. The van der Waals surface area contributed by atoms with Crippen molar-refractivity contribution in [2.75, 3.05) is 23.7 Å². The van der Waals surface area contributed by atoms with Crippen molar-refractivity contribution in [3.8, 4) is 11.4 Å². The van der Waals surface area contributed by atoms with Crippen molar-refractivity contribution >= 4 is 16.6 Å². The molecule has 0 N–H and O–H groups in total. The second kappa shape index (κ2) is 7.53. The Morgan fingerprint density at radius 3 is 2.59 bits per heavy atom. The van der Waals surface area contributed by atoms with Crippen molar-refractivity contribution in [2.24, 2.45) is 0 Å². The van der Waals surface area contributed by atoms with E-state index in [-0.39, 0.29) is 11.6 Å². The van der Waals surface area contributed by atoms with E-state index in [1.54, 1.807) is 17.0 Å². The molecular formula is C18H21F3N4OS. The van der Waals surface area contributed by atoms with E-state index in [1.807, 2.05) is 13.8 Å². The van der Waals surface area contributed by atoms with E-state index >= 15 is 0 Å². The molecule has 0 bridgehead atoms. The molecule has 2 aromatic rings. The van der Waals surface area contributed by atoms with Crippen LogP contribution in [0.4, 0.5) is 19.0 Å². The van der Waals surface area contributed by atoms with Crippen LogP contribution in [0.2, 0.25) is 0 Å². The molecule has 27 heavy (non-hydrogen) atoms. The molecule has 1 atom stereocenters. The minimum Gasteiger partial charge on any atom is -0.354 e. The highest BCUT2D eigenvalue weighted by molar-refractivity contribution is 7.86. The Labute approximate surface area is 158 Å². The van der Waals surface area contributed by atoms with Gasteiger partial charge in [0.15, 0.2) is 11.5 Å². The standard InChI is InChI=1S/C18H21F3N4OS/c1-3-17(4-2)12-25(8-9-27(17)26)15-10-14(18(19,20)21)23-16(24-15)13-6-5-7-22-11-13/h5-7,10-11H,3-4,8-9,12H2,1-2H3. The van der Waals surface area contributed by atoms with Crippen LogP contribution in [0.5, 0.6) is 0 Å². The number of hydrogen-bond acceptors (Lipinski definition) is 5. The van der Waals surface area contributed by atoms with E-state index in [9.17, 15) is 17.4 Å². The molecule has 0 amide bonds. The van der Waals surface area contributed by atoms with E-state index in [0.29, 0.717) is 37.2 Å². The first-order valence-corrected chi connectivity index (χ1v) is 10.1. The van der Waals surface area contributed by atoms with Crippen LogP contribution in [0, 0.1) is 0 Å². The van der Waals surface area contributed by atoms with Gasteiger partial charge in [0, 0.05) is 53.7 Å². The molecular weight excluding hydrogens is 377 g/mol. The molecule has 146 valence electrons. The molecule has 1 fully saturated rings. The molecule has 1 saturated heterocycles. The van der Waals surface area contributed by atoms with Gasteiger partial charge in [-0.2, -0.15) is 13.2 Å². The summed E-state index contributed by atoms with van der Waals surface area (Å²) in [6, 6.07) is 4.23. The third kappa shape index (κ3) is 3.97. The lowest BCUT2D eigenvalue weighted by Crippen LogP contribution is -2.53. The van der Waals surface area contributed by atoms with Gasteiger partial charge < -0.3 is 4.90 Å². The van der Waals surface area contributed by atoms with Crippen LogP contribution < -0.4 is 4.90 Å². The maximum Gasteiger partial charge on any atom is 0.433 e. The number of nitrogens with zero attached hydrogens (tertiary/aromatic N) is 4. The molecule has 1 aliphatic rings. The SMILES string of the molecule is CCC1(CC)CN(c2cc(C(F)(F)F)nc(-c3cccnc3)n2)CCS1=O. The number of rotatable bonds is 4. The van der Waals surface area contributed by atoms with Gasteiger partial charge in [0.2, 0.25) is 0 Å². The minimum absolute atomic E-state index is 0.0155. The van der Waals surface area contributed by atoms with Gasteiger partial charge in [-0.15, -0.1) is 0 Å². The first-order chi connectivity index (χ1) is 12.8. The van der Waals surface area contributed by atoms with E-state index < -0.39 is 27.4 Å². The van der Waals surface area contributed by atoms with E-state index in [2.05, 4.69) is 15.0 Å². The largest absolute Gasteiger partial charge is 0.433 e. The number of halogens is 3. The average molecular weight is 398 g/mol. The summed E-state index contributed by atoms with van der Waals surface area (Å²) >= 11 is 0. The molecule has 2 aromatic heterocycles. The van der Waals surface area contributed by atoms with Gasteiger partial charge in [-0.1, -0.05) is 13.8 Å². The summed E-state index contributed by atoms with van der Waals surface area (Å²) in [6.07, 6.45) is -0.222. The van der Waals surface area contributed by atoms with Gasteiger partial charge in [0.25, 0.3) is 0 Å². The molecule has 0 saturated carbocycles. The molecule has 5 nitrogen and oxygen atoms in total. The van der Waals surface area contributed by atoms with Crippen LogP contribution in [-0.4, -0.2) is 42.8 Å². The third-order valence-electron chi connectivity index (χ3n) is 5.04. The van der Waals surface area contributed by atoms with Crippen molar-refractivity contribution in [1.82, 2.24) is 15.0 Å².